The minimum atomic E-state index is -3.25. The molecule has 0 radical (unpaired) electrons. The number of halogens is 1. The van der Waals surface area contributed by atoms with Gasteiger partial charge in [-0.05, 0) is 0 Å². The largest absolute Gasteiger partial charge is 0.480 e. The maximum absolute atomic E-state index is 11.6. The zero-order valence-electron chi connectivity index (χ0n) is 12.1. The summed E-state index contributed by atoms with van der Waals surface area (Å²) in [5.41, 5.74) is 0. The number of rotatable bonds is 6. The summed E-state index contributed by atoms with van der Waals surface area (Å²) in [7, 11) is 0. The Kier molecular flexibility index (Phi) is 8.22. The molecule has 1 rings (SSSR count). The van der Waals surface area contributed by atoms with Gasteiger partial charge in [-0.3, -0.25) is 28.9 Å². The quantitative estimate of drug-likeness (QED) is 0.369. The second kappa shape index (κ2) is 9.14. The first kappa shape index (κ1) is 19.8. The van der Waals surface area contributed by atoms with Crippen LogP contribution in [0.5, 0.6) is 0 Å². The number of aliphatic carboxylic acids is 2. The molecule has 0 bridgehead atoms. The molecule has 1 aliphatic rings. The van der Waals surface area contributed by atoms with Crippen LogP contribution in [0.4, 0.5) is 0 Å². The Morgan fingerprint density at radius 2 is 1.18 bits per heavy atom. The topological polar surface area (TPSA) is 122 Å². The lowest BCUT2D eigenvalue weighted by Gasteiger charge is -2.25. The fourth-order valence-corrected chi connectivity index (χ4v) is 4.34. The molecular weight excluding hydrogens is 428 g/mol. The minimum Gasteiger partial charge on any atom is -0.480 e. The highest BCUT2D eigenvalue weighted by Gasteiger charge is 2.23. The van der Waals surface area contributed by atoms with Crippen LogP contribution in [-0.4, -0.2) is 100 Å². The van der Waals surface area contributed by atoms with Crippen LogP contribution in [0.15, 0.2) is 0 Å². The van der Waals surface area contributed by atoms with Gasteiger partial charge in [0.2, 0.25) is 0 Å². The van der Waals surface area contributed by atoms with E-state index < -0.39 is 16.9 Å². The molecule has 1 atom stereocenters. The predicted molar refractivity (Wildman–Crippen MR) is 88.4 cm³/mol. The summed E-state index contributed by atoms with van der Waals surface area (Å²) in [6.07, 6.45) is 0.00931. The molecule has 1 saturated heterocycles. The molecule has 0 aromatic heterocycles. The van der Waals surface area contributed by atoms with Crippen LogP contribution in [0.25, 0.3) is 0 Å². The molecule has 1 unspecified atom stereocenters. The summed E-state index contributed by atoms with van der Waals surface area (Å²) in [6, 6.07) is 0. The Labute approximate surface area is 141 Å². The molecule has 0 spiro atoms. The van der Waals surface area contributed by atoms with E-state index in [1.807, 2.05) is 0 Å². The first-order valence-electron chi connectivity index (χ1n) is 6.78. The van der Waals surface area contributed by atoms with Crippen molar-refractivity contribution in [3.05, 3.63) is 0 Å². The third-order valence-corrected chi connectivity index (χ3v) is 4.95. The highest BCUT2D eigenvalue weighted by atomic mass is 127. The van der Waals surface area contributed by atoms with Crippen LogP contribution in [0, 0.1) is 0 Å². The lowest BCUT2D eigenvalue weighted by molar-refractivity contribution is -0.140. The van der Waals surface area contributed by atoms with Crippen LogP contribution in [-0.2, 0) is 14.2 Å². The molecule has 22 heavy (non-hydrogen) atoms. The summed E-state index contributed by atoms with van der Waals surface area (Å²) in [5.74, 6) is -1.89. The standard InChI is InChI=1S/C11H21IN3O6P/c12-22(20,21)9-15-5-3-13(7-10(16)17)1-2-14(4-6-15)8-11(18)19/h1-9H2,(H,16,17)(H,18,19)(H,20,21). The first-order valence-corrected chi connectivity index (χ1v) is 11.4. The van der Waals surface area contributed by atoms with Crippen molar-refractivity contribution in [1.82, 2.24) is 14.7 Å². The Balaban J connectivity index is 2.74. The molecule has 11 heteroatoms. The van der Waals surface area contributed by atoms with E-state index in [0.29, 0.717) is 39.3 Å². The van der Waals surface area contributed by atoms with Crippen molar-refractivity contribution in [3.8, 4) is 0 Å². The number of carboxylic acid groups (broad SMARTS) is 2. The molecule has 0 aromatic carbocycles. The average molecular weight is 449 g/mol. The predicted octanol–water partition coefficient (Wildman–Crippen LogP) is -0.347. The van der Waals surface area contributed by atoms with Crippen molar-refractivity contribution in [3.63, 3.8) is 0 Å². The zero-order chi connectivity index (χ0) is 16.8. The summed E-state index contributed by atoms with van der Waals surface area (Å²) >= 11 is 1.52. The highest BCUT2D eigenvalue weighted by molar-refractivity contribution is 14.2. The van der Waals surface area contributed by atoms with Crippen LogP contribution in [0.1, 0.15) is 0 Å². The number of hydrogen-bond donors (Lipinski definition) is 3. The van der Waals surface area contributed by atoms with Gasteiger partial charge in [-0.1, -0.05) is 0 Å². The molecule has 3 N–H and O–H groups in total. The van der Waals surface area contributed by atoms with E-state index in [2.05, 4.69) is 0 Å². The van der Waals surface area contributed by atoms with Gasteiger partial charge in [-0.25, -0.2) is 0 Å². The molecule has 1 fully saturated rings. The van der Waals surface area contributed by atoms with E-state index in [9.17, 15) is 19.0 Å². The average Bonchev–Trinajstić information content (AvgIpc) is 2.41. The monoisotopic (exact) mass is 449 g/mol. The van der Waals surface area contributed by atoms with Gasteiger partial charge in [0.05, 0.1) is 19.4 Å². The van der Waals surface area contributed by atoms with Gasteiger partial charge in [0, 0.05) is 61.3 Å². The Bertz CT molecular complexity index is 418. The van der Waals surface area contributed by atoms with Gasteiger partial charge in [-0.15, -0.1) is 0 Å². The lowest BCUT2D eigenvalue weighted by Crippen LogP contribution is -2.40. The van der Waals surface area contributed by atoms with E-state index >= 15 is 0 Å². The van der Waals surface area contributed by atoms with E-state index in [-0.39, 0.29) is 19.4 Å². The Morgan fingerprint density at radius 1 is 0.864 bits per heavy atom. The molecule has 128 valence electrons. The number of hydrogen-bond acceptors (Lipinski definition) is 6. The van der Waals surface area contributed by atoms with Crippen LogP contribution in [0.3, 0.4) is 0 Å². The fourth-order valence-electron chi connectivity index (χ4n) is 2.27. The number of carbonyl (C=O) groups is 2. The van der Waals surface area contributed by atoms with Gasteiger partial charge in [0.15, 0.2) is 0 Å². The third-order valence-electron chi connectivity index (χ3n) is 3.29. The smallest absolute Gasteiger partial charge is 0.317 e. The van der Waals surface area contributed by atoms with Gasteiger partial charge < -0.3 is 15.1 Å². The molecule has 1 aliphatic heterocycles. The van der Waals surface area contributed by atoms with E-state index in [1.54, 1.807) is 14.7 Å². The van der Waals surface area contributed by atoms with Crippen molar-refractivity contribution >= 4 is 39.0 Å². The minimum absolute atomic E-state index is 0.00931. The van der Waals surface area contributed by atoms with Gasteiger partial charge in [0.1, 0.15) is 0 Å². The SMILES string of the molecule is O=C(O)CN1CCN(CC(=O)O)CCN(CP(=O)(O)I)CC1. The first-order chi connectivity index (χ1) is 10.2. The Hall–Kier alpha value is -0.260. The van der Waals surface area contributed by atoms with Crippen molar-refractivity contribution in [2.24, 2.45) is 0 Å². The van der Waals surface area contributed by atoms with Gasteiger partial charge >= 0.3 is 11.9 Å². The maximum atomic E-state index is 11.6. The highest BCUT2D eigenvalue weighted by Crippen LogP contribution is 2.50. The molecule has 0 aliphatic carbocycles. The van der Waals surface area contributed by atoms with Crippen LogP contribution < -0.4 is 0 Å². The molecule has 0 amide bonds. The van der Waals surface area contributed by atoms with Crippen LogP contribution in [0.2, 0.25) is 0 Å². The van der Waals surface area contributed by atoms with Gasteiger partial charge in [-0.2, -0.15) is 0 Å². The zero-order valence-corrected chi connectivity index (χ0v) is 15.1. The van der Waals surface area contributed by atoms with E-state index in [1.165, 1.54) is 22.0 Å². The third kappa shape index (κ3) is 9.01. The molecule has 0 aromatic rings. The van der Waals surface area contributed by atoms with Crippen molar-refractivity contribution in [2.75, 3.05) is 58.6 Å². The van der Waals surface area contributed by atoms with Crippen molar-refractivity contribution in [2.45, 2.75) is 0 Å². The fraction of sp³-hybridized carbons (Fsp3) is 0.818. The second-order valence-corrected chi connectivity index (χ2v) is 11.3. The van der Waals surface area contributed by atoms with Gasteiger partial charge in [0.25, 0.3) is 5.01 Å². The summed E-state index contributed by atoms with van der Waals surface area (Å²) in [5, 5.41) is 14.6. The normalized spacial score (nSPS) is 22.3. The lowest BCUT2D eigenvalue weighted by atomic mass is 10.4. The van der Waals surface area contributed by atoms with Crippen LogP contribution >= 0.6 is 27.1 Å². The van der Waals surface area contributed by atoms with E-state index in [4.69, 9.17) is 10.2 Å². The molecular formula is C11H21IN3O6P. The number of carboxylic acids is 2. The summed E-state index contributed by atoms with van der Waals surface area (Å²) in [4.78, 5) is 36.5. The number of nitrogens with zero attached hydrogens (tertiary/aromatic N) is 3. The molecule has 0 saturated carbocycles. The Morgan fingerprint density at radius 3 is 1.45 bits per heavy atom. The molecule has 9 nitrogen and oxygen atoms in total. The van der Waals surface area contributed by atoms with Crippen molar-refractivity contribution < 1.29 is 29.3 Å². The second-order valence-electron chi connectivity index (χ2n) is 5.22. The summed E-state index contributed by atoms with van der Waals surface area (Å²) in [6.45, 7) is 2.52. The van der Waals surface area contributed by atoms with E-state index in [0.717, 1.165) is 0 Å². The molecule has 1 heterocycles. The summed E-state index contributed by atoms with van der Waals surface area (Å²) < 4.78 is 11.6. The van der Waals surface area contributed by atoms with Crippen molar-refractivity contribution in [1.29, 1.82) is 0 Å². The maximum Gasteiger partial charge on any atom is 0.317 e.